The summed E-state index contributed by atoms with van der Waals surface area (Å²) in [6.07, 6.45) is 3.84. The van der Waals surface area contributed by atoms with Crippen LogP contribution in [0.3, 0.4) is 0 Å². The van der Waals surface area contributed by atoms with Crippen LogP contribution in [0.25, 0.3) is 0 Å². The number of piperidine rings is 1. The fourth-order valence-corrected chi connectivity index (χ4v) is 3.40. The molecule has 1 atom stereocenters. The molecule has 1 N–H and O–H groups in total. The highest BCUT2D eigenvalue weighted by molar-refractivity contribution is 5.19. The Morgan fingerprint density at radius 2 is 1.80 bits per heavy atom. The molecule has 0 amide bonds. The summed E-state index contributed by atoms with van der Waals surface area (Å²) in [5.41, 5.74) is 1.47. The maximum atomic E-state index is 3.47. The predicted molar refractivity (Wildman–Crippen MR) is 86.9 cm³/mol. The number of hydrogen-bond donors (Lipinski definition) is 1. The van der Waals surface area contributed by atoms with E-state index < -0.39 is 0 Å². The van der Waals surface area contributed by atoms with Gasteiger partial charge >= 0.3 is 0 Å². The summed E-state index contributed by atoms with van der Waals surface area (Å²) in [5.74, 6) is 0.858. The van der Waals surface area contributed by atoms with Gasteiger partial charge < -0.3 is 5.32 Å². The van der Waals surface area contributed by atoms with E-state index in [0.29, 0.717) is 12.1 Å². The zero-order valence-corrected chi connectivity index (χ0v) is 13.3. The van der Waals surface area contributed by atoms with Crippen molar-refractivity contribution in [2.45, 2.75) is 52.1 Å². The van der Waals surface area contributed by atoms with Gasteiger partial charge in [0, 0.05) is 18.6 Å². The summed E-state index contributed by atoms with van der Waals surface area (Å²) >= 11 is 0. The van der Waals surface area contributed by atoms with E-state index in [-0.39, 0.29) is 0 Å². The van der Waals surface area contributed by atoms with Gasteiger partial charge in [0.1, 0.15) is 0 Å². The Kier molecular flexibility index (Phi) is 6.06. The van der Waals surface area contributed by atoms with Gasteiger partial charge in [0.25, 0.3) is 0 Å². The summed E-state index contributed by atoms with van der Waals surface area (Å²) in [7, 11) is 0. The third-order valence-corrected chi connectivity index (χ3v) is 4.56. The van der Waals surface area contributed by atoms with Crippen LogP contribution >= 0.6 is 0 Å². The topological polar surface area (TPSA) is 15.3 Å². The van der Waals surface area contributed by atoms with E-state index >= 15 is 0 Å². The van der Waals surface area contributed by atoms with E-state index in [2.05, 4.69) is 61.3 Å². The molecule has 1 aromatic carbocycles. The monoisotopic (exact) mass is 274 g/mol. The minimum Gasteiger partial charge on any atom is -0.317 e. The van der Waals surface area contributed by atoms with E-state index in [1.807, 2.05) is 0 Å². The lowest BCUT2D eigenvalue weighted by Crippen LogP contribution is -2.41. The van der Waals surface area contributed by atoms with Crippen LogP contribution in [0.2, 0.25) is 0 Å². The fraction of sp³-hybridized carbons (Fsp3) is 0.667. The molecule has 0 bridgehead atoms. The van der Waals surface area contributed by atoms with E-state index in [0.717, 1.165) is 5.92 Å². The molecule has 2 nitrogen and oxygen atoms in total. The van der Waals surface area contributed by atoms with Crippen molar-refractivity contribution < 1.29 is 0 Å². The lowest BCUT2D eigenvalue weighted by Gasteiger charge is -2.38. The average Bonchev–Trinajstić information content (AvgIpc) is 2.49. The molecular formula is C18H30N2. The lowest BCUT2D eigenvalue weighted by molar-refractivity contribution is 0.113. The van der Waals surface area contributed by atoms with Crippen molar-refractivity contribution in [2.75, 3.05) is 19.6 Å². The zero-order chi connectivity index (χ0) is 14.4. The van der Waals surface area contributed by atoms with E-state index in [1.165, 1.54) is 44.5 Å². The summed E-state index contributed by atoms with van der Waals surface area (Å²) in [6, 6.07) is 12.2. The maximum Gasteiger partial charge on any atom is 0.0348 e. The van der Waals surface area contributed by atoms with Gasteiger partial charge in [-0.05, 0) is 57.7 Å². The summed E-state index contributed by atoms with van der Waals surface area (Å²) in [5, 5.41) is 3.47. The van der Waals surface area contributed by atoms with Crippen LogP contribution in [-0.4, -0.2) is 30.6 Å². The fourth-order valence-electron chi connectivity index (χ4n) is 3.40. The van der Waals surface area contributed by atoms with Crippen molar-refractivity contribution in [3.63, 3.8) is 0 Å². The number of nitrogens with one attached hydrogen (secondary N) is 1. The molecule has 0 saturated carbocycles. The first-order valence-corrected chi connectivity index (χ1v) is 8.23. The minimum absolute atomic E-state index is 0.561. The van der Waals surface area contributed by atoms with E-state index in [9.17, 15) is 0 Å². The first kappa shape index (κ1) is 15.5. The Balaban J connectivity index is 2.09. The Morgan fingerprint density at radius 3 is 2.35 bits per heavy atom. The van der Waals surface area contributed by atoms with Crippen molar-refractivity contribution >= 4 is 0 Å². The maximum absolute atomic E-state index is 3.47. The van der Waals surface area contributed by atoms with Crippen molar-refractivity contribution in [3.8, 4) is 0 Å². The predicted octanol–water partition coefficient (Wildman–Crippen LogP) is 3.85. The molecule has 1 saturated heterocycles. The molecule has 1 aromatic rings. The minimum atomic E-state index is 0.561. The largest absolute Gasteiger partial charge is 0.317 e. The third-order valence-electron chi connectivity index (χ3n) is 4.56. The molecule has 0 aromatic heterocycles. The van der Waals surface area contributed by atoms with Crippen molar-refractivity contribution in [1.29, 1.82) is 0 Å². The molecule has 1 fully saturated rings. The van der Waals surface area contributed by atoms with Gasteiger partial charge in [-0.3, -0.25) is 4.90 Å². The van der Waals surface area contributed by atoms with E-state index in [4.69, 9.17) is 0 Å². The Labute approximate surface area is 124 Å². The van der Waals surface area contributed by atoms with Gasteiger partial charge in [-0.15, -0.1) is 0 Å². The van der Waals surface area contributed by atoms with Gasteiger partial charge in [0.15, 0.2) is 0 Å². The molecule has 2 rings (SSSR count). The SMILES string of the molecule is CCC(c1ccccc1)N(CC1CCNCC1)C(C)C. The molecule has 1 unspecified atom stereocenters. The zero-order valence-electron chi connectivity index (χ0n) is 13.3. The highest BCUT2D eigenvalue weighted by atomic mass is 15.2. The molecule has 1 aliphatic heterocycles. The van der Waals surface area contributed by atoms with Crippen LogP contribution in [0.5, 0.6) is 0 Å². The van der Waals surface area contributed by atoms with Crippen LogP contribution in [0.15, 0.2) is 30.3 Å². The standard InChI is InChI=1S/C18H30N2/c1-4-18(17-8-6-5-7-9-17)20(15(2)3)14-16-10-12-19-13-11-16/h5-9,15-16,18-19H,4,10-14H2,1-3H3. The van der Waals surface area contributed by atoms with Crippen LogP contribution < -0.4 is 5.32 Å². The van der Waals surface area contributed by atoms with Gasteiger partial charge in [-0.25, -0.2) is 0 Å². The van der Waals surface area contributed by atoms with Gasteiger partial charge in [0.2, 0.25) is 0 Å². The molecule has 0 radical (unpaired) electrons. The average molecular weight is 274 g/mol. The molecule has 2 heteroatoms. The number of rotatable bonds is 6. The first-order chi connectivity index (χ1) is 9.72. The highest BCUT2D eigenvalue weighted by Crippen LogP contribution is 2.28. The number of benzene rings is 1. The molecule has 1 aliphatic rings. The summed E-state index contributed by atoms with van der Waals surface area (Å²) in [4.78, 5) is 2.71. The third kappa shape index (κ3) is 4.07. The van der Waals surface area contributed by atoms with Crippen LogP contribution in [-0.2, 0) is 0 Å². The van der Waals surface area contributed by atoms with Gasteiger partial charge in [0.05, 0.1) is 0 Å². The quantitative estimate of drug-likeness (QED) is 0.847. The van der Waals surface area contributed by atoms with Gasteiger partial charge in [-0.1, -0.05) is 37.3 Å². The Hall–Kier alpha value is -0.860. The second-order valence-corrected chi connectivity index (χ2v) is 6.32. The van der Waals surface area contributed by atoms with Crippen LogP contribution in [0.1, 0.15) is 51.6 Å². The number of nitrogens with zero attached hydrogens (tertiary/aromatic N) is 1. The molecule has 112 valence electrons. The Bertz CT molecular complexity index is 368. The normalized spacial score (nSPS) is 18.6. The van der Waals surface area contributed by atoms with Crippen LogP contribution in [0, 0.1) is 5.92 Å². The summed E-state index contributed by atoms with van der Waals surface area (Å²) < 4.78 is 0. The lowest BCUT2D eigenvalue weighted by atomic mass is 9.94. The van der Waals surface area contributed by atoms with Crippen molar-refractivity contribution in [1.82, 2.24) is 10.2 Å². The van der Waals surface area contributed by atoms with Gasteiger partial charge in [-0.2, -0.15) is 0 Å². The van der Waals surface area contributed by atoms with E-state index in [1.54, 1.807) is 0 Å². The molecule has 0 aliphatic carbocycles. The highest BCUT2D eigenvalue weighted by Gasteiger charge is 2.25. The second-order valence-electron chi connectivity index (χ2n) is 6.32. The summed E-state index contributed by atoms with van der Waals surface area (Å²) in [6.45, 7) is 10.6. The second kappa shape index (κ2) is 7.80. The molecule has 1 heterocycles. The smallest absolute Gasteiger partial charge is 0.0348 e. The van der Waals surface area contributed by atoms with Crippen molar-refractivity contribution in [2.24, 2.45) is 5.92 Å². The van der Waals surface area contributed by atoms with Crippen molar-refractivity contribution in [3.05, 3.63) is 35.9 Å². The van der Waals surface area contributed by atoms with Crippen LogP contribution in [0.4, 0.5) is 0 Å². The molecular weight excluding hydrogens is 244 g/mol. The Morgan fingerprint density at radius 1 is 1.15 bits per heavy atom. The molecule has 20 heavy (non-hydrogen) atoms. The number of hydrogen-bond acceptors (Lipinski definition) is 2. The first-order valence-electron chi connectivity index (χ1n) is 8.23. The molecule has 0 spiro atoms.